The average molecular weight is 379 g/mol. The summed E-state index contributed by atoms with van der Waals surface area (Å²) >= 11 is 0. The van der Waals surface area contributed by atoms with Crippen LogP contribution in [0, 0.1) is 0 Å². The second-order valence-electron chi connectivity index (χ2n) is 9.26. The highest BCUT2D eigenvalue weighted by Crippen LogP contribution is 2.37. The van der Waals surface area contributed by atoms with Gasteiger partial charge in [0.25, 0.3) is 11.8 Å². The van der Waals surface area contributed by atoms with Gasteiger partial charge in [0.2, 0.25) is 0 Å². The van der Waals surface area contributed by atoms with Crippen molar-refractivity contribution in [1.82, 2.24) is 9.80 Å². The Labute approximate surface area is 168 Å². The molecule has 1 aliphatic rings. The molecule has 28 heavy (non-hydrogen) atoms. The van der Waals surface area contributed by atoms with Gasteiger partial charge in [-0.05, 0) is 48.1 Å². The van der Waals surface area contributed by atoms with E-state index in [1.54, 1.807) is 9.80 Å². The number of benzene rings is 2. The topological polar surface area (TPSA) is 40.6 Å². The maximum Gasteiger partial charge on any atom is 0.254 e. The molecule has 148 valence electrons. The van der Waals surface area contributed by atoms with Crippen LogP contribution in [0.5, 0.6) is 0 Å². The van der Waals surface area contributed by atoms with E-state index in [1.807, 2.05) is 56.6 Å². The van der Waals surface area contributed by atoms with Gasteiger partial charge in [-0.1, -0.05) is 51.1 Å². The third kappa shape index (κ3) is 3.32. The van der Waals surface area contributed by atoms with Crippen molar-refractivity contribution in [3.8, 4) is 0 Å². The Kier molecular flexibility index (Phi) is 4.86. The molecular weight excluding hydrogens is 348 g/mol. The number of carbonyl (C=O) groups is 2. The minimum Gasteiger partial charge on any atom is -0.337 e. The summed E-state index contributed by atoms with van der Waals surface area (Å²) in [5.74, 6) is 0.0312. The molecule has 0 spiro atoms. The molecule has 0 aromatic heterocycles. The molecule has 0 saturated carbocycles. The number of amides is 2. The summed E-state index contributed by atoms with van der Waals surface area (Å²) in [5, 5.41) is 0. The summed E-state index contributed by atoms with van der Waals surface area (Å²) in [7, 11) is 3.65. The zero-order valence-corrected chi connectivity index (χ0v) is 18.0. The quantitative estimate of drug-likeness (QED) is 0.784. The van der Waals surface area contributed by atoms with Gasteiger partial charge < -0.3 is 9.80 Å². The van der Waals surface area contributed by atoms with Gasteiger partial charge in [-0.3, -0.25) is 9.59 Å². The van der Waals surface area contributed by atoms with Crippen molar-refractivity contribution in [3.63, 3.8) is 0 Å². The van der Waals surface area contributed by atoms with Crippen LogP contribution < -0.4 is 0 Å². The van der Waals surface area contributed by atoms with Gasteiger partial charge in [0.05, 0.1) is 5.54 Å². The van der Waals surface area contributed by atoms with Crippen molar-refractivity contribution >= 4 is 11.8 Å². The van der Waals surface area contributed by atoms with Crippen molar-refractivity contribution in [2.45, 2.75) is 52.1 Å². The number of hydrogen-bond donors (Lipinski definition) is 0. The Morgan fingerprint density at radius 1 is 1.11 bits per heavy atom. The Balaban J connectivity index is 1.87. The fourth-order valence-corrected chi connectivity index (χ4v) is 3.89. The third-order valence-electron chi connectivity index (χ3n) is 5.85. The van der Waals surface area contributed by atoms with Crippen molar-refractivity contribution < 1.29 is 9.59 Å². The van der Waals surface area contributed by atoms with Crippen LogP contribution in [-0.2, 0) is 17.5 Å². The first-order valence-corrected chi connectivity index (χ1v) is 9.71. The second kappa shape index (κ2) is 6.77. The summed E-state index contributed by atoms with van der Waals surface area (Å²) in [4.78, 5) is 29.2. The maximum atomic E-state index is 13.1. The van der Waals surface area contributed by atoms with Crippen LogP contribution in [0.25, 0.3) is 0 Å². The van der Waals surface area contributed by atoms with E-state index in [9.17, 15) is 9.59 Å². The van der Waals surface area contributed by atoms with Crippen LogP contribution >= 0.6 is 0 Å². The van der Waals surface area contributed by atoms with Crippen molar-refractivity contribution in [1.29, 1.82) is 0 Å². The zero-order valence-electron chi connectivity index (χ0n) is 18.0. The molecule has 3 rings (SSSR count). The molecule has 0 unspecified atom stereocenters. The van der Waals surface area contributed by atoms with Gasteiger partial charge in [-0.15, -0.1) is 0 Å². The van der Waals surface area contributed by atoms with Gasteiger partial charge in [0.1, 0.15) is 0 Å². The highest BCUT2D eigenvalue weighted by Gasteiger charge is 2.40. The Morgan fingerprint density at radius 3 is 2.39 bits per heavy atom. The number of nitrogens with zero attached hydrogens (tertiary/aromatic N) is 2. The molecule has 2 aromatic rings. The highest BCUT2D eigenvalue weighted by atomic mass is 16.2. The third-order valence-corrected chi connectivity index (χ3v) is 5.85. The van der Waals surface area contributed by atoms with E-state index in [2.05, 4.69) is 34.6 Å². The minimum atomic E-state index is -0.307. The van der Waals surface area contributed by atoms with Crippen molar-refractivity contribution in [2.75, 3.05) is 14.1 Å². The molecule has 0 radical (unpaired) electrons. The normalized spacial score (nSPS) is 15.5. The second-order valence-corrected chi connectivity index (χ2v) is 9.26. The summed E-state index contributed by atoms with van der Waals surface area (Å²) in [6.45, 7) is 10.9. The van der Waals surface area contributed by atoms with Crippen molar-refractivity contribution in [3.05, 3.63) is 70.3 Å². The van der Waals surface area contributed by atoms with Crippen LogP contribution in [0.2, 0.25) is 0 Å². The predicted octanol–water partition coefficient (Wildman–Crippen LogP) is 4.58. The summed E-state index contributed by atoms with van der Waals surface area (Å²) in [6.07, 6.45) is 0. The van der Waals surface area contributed by atoms with Crippen LogP contribution in [0.15, 0.2) is 42.5 Å². The van der Waals surface area contributed by atoms with Crippen LogP contribution in [0.3, 0.4) is 0 Å². The van der Waals surface area contributed by atoms with Gasteiger partial charge in [-0.2, -0.15) is 0 Å². The standard InChI is InChI=1S/C24H30N2O2/c1-23(2,3)19-11-9-8-10-17(19)21(27)25(6)15-16-12-13-20-18(14-16)22(28)26(7)24(20,4)5/h8-14H,15H2,1-7H3. The molecule has 0 aliphatic carbocycles. The molecule has 0 N–H and O–H groups in total. The van der Waals surface area contributed by atoms with Gasteiger partial charge in [0.15, 0.2) is 0 Å². The predicted molar refractivity (Wildman–Crippen MR) is 113 cm³/mol. The van der Waals surface area contributed by atoms with Gasteiger partial charge in [0, 0.05) is 31.8 Å². The van der Waals surface area contributed by atoms with Gasteiger partial charge in [-0.25, -0.2) is 0 Å². The smallest absolute Gasteiger partial charge is 0.254 e. The van der Waals surface area contributed by atoms with Crippen LogP contribution in [0.4, 0.5) is 0 Å². The lowest BCUT2D eigenvalue weighted by Gasteiger charge is -2.28. The SMILES string of the molecule is CN(Cc1ccc2c(c1)C(=O)N(C)C2(C)C)C(=O)c1ccccc1C(C)(C)C. The van der Waals surface area contributed by atoms with E-state index in [1.165, 1.54) is 0 Å². The Hall–Kier alpha value is -2.62. The number of rotatable bonds is 3. The fourth-order valence-electron chi connectivity index (χ4n) is 3.89. The van der Waals surface area contributed by atoms with E-state index in [-0.39, 0.29) is 22.8 Å². The first kappa shape index (κ1) is 20.1. The molecule has 4 heteroatoms. The summed E-state index contributed by atoms with van der Waals surface area (Å²) in [5.41, 5.74) is 4.09. The Morgan fingerprint density at radius 2 is 1.75 bits per heavy atom. The molecule has 0 fully saturated rings. The monoisotopic (exact) mass is 378 g/mol. The minimum absolute atomic E-state index is 0.00482. The van der Waals surface area contributed by atoms with Gasteiger partial charge >= 0.3 is 0 Å². The first-order valence-electron chi connectivity index (χ1n) is 9.71. The van der Waals surface area contributed by atoms with Crippen molar-refractivity contribution in [2.24, 2.45) is 0 Å². The molecule has 2 aromatic carbocycles. The fraction of sp³-hybridized carbons (Fsp3) is 0.417. The molecule has 0 bridgehead atoms. The van der Waals surface area contributed by atoms with Crippen LogP contribution in [-0.4, -0.2) is 35.7 Å². The molecule has 2 amide bonds. The summed E-state index contributed by atoms with van der Waals surface area (Å²) in [6, 6.07) is 13.8. The lowest BCUT2D eigenvalue weighted by atomic mass is 9.83. The molecule has 0 atom stereocenters. The van der Waals surface area contributed by atoms with E-state index in [0.717, 1.165) is 27.8 Å². The molecule has 1 heterocycles. The Bertz CT molecular complexity index is 938. The zero-order chi connectivity index (χ0) is 20.9. The lowest BCUT2D eigenvalue weighted by molar-refractivity contribution is 0.0691. The number of fused-ring (bicyclic) bond motifs is 1. The molecule has 4 nitrogen and oxygen atoms in total. The molecular formula is C24H30N2O2. The van der Waals surface area contributed by atoms with Crippen LogP contribution in [0.1, 0.15) is 72.0 Å². The van der Waals surface area contributed by atoms with E-state index in [4.69, 9.17) is 0 Å². The number of hydrogen-bond acceptors (Lipinski definition) is 2. The molecule has 0 saturated heterocycles. The summed E-state index contributed by atoms with van der Waals surface area (Å²) < 4.78 is 0. The molecule has 1 aliphatic heterocycles. The largest absolute Gasteiger partial charge is 0.337 e. The number of carbonyl (C=O) groups excluding carboxylic acids is 2. The lowest BCUT2D eigenvalue weighted by Crippen LogP contribution is -2.35. The average Bonchev–Trinajstić information content (AvgIpc) is 2.80. The first-order chi connectivity index (χ1) is 12.9. The maximum absolute atomic E-state index is 13.1. The van der Waals surface area contributed by atoms with E-state index < -0.39 is 0 Å². The van der Waals surface area contributed by atoms with E-state index >= 15 is 0 Å². The highest BCUT2D eigenvalue weighted by molar-refractivity contribution is 6.00. The van der Waals surface area contributed by atoms with E-state index in [0.29, 0.717) is 6.54 Å².